The zero-order valence-corrected chi connectivity index (χ0v) is 17.6. The third-order valence-electron chi connectivity index (χ3n) is 4.69. The van der Waals surface area contributed by atoms with Crippen molar-refractivity contribution in [2.45, 2.75) is 26.4 Å². The summed E-state index contributed by atoms with van der Waals surface area (Å²) < 4.78 is 11.3. The molecule has 30 heavy (non-hydrogen) atoms. The van der Waals surface area contributed by atoms with Crippen molar-refractivity contribution in [3.8, 4) is 11.5 Å². The summed E-state index contributed by atoms with van der Waals surface area (Å²) in [5.74, 6) is 1.44. The first-order chi connectivity index (χ1) is 14.6. The summed E-state index contributed by atoms with van der Waals surface area (Å²) in [6, 6.07) is 23.4. The third-order valence-corrected chi connectivity index (χ3v) is 4.69. The van der Waals surface area contributed by atoms with Crippen LogP contribution < -0.4 is 14.8 Å². The maximum absolute atomic E-state index is 12.4. The monoisotopic (exact) mass is 401 g/mol. The fourth-order valence-electron chi connectivity index (χ4n) is 3.10. The topological polar surface area (TPSA) is 47.6 Å². The van der Waals surface area contributed by atoms with Gasteiger partial charge in [0.15, 0.2) is 11.5 Å². The lowest BCUT2D eigenvalue weighted by Crippen LogP contribution is -2.10. The Balaban J connectivity index is 1.66. The second-order valence-electron chi connectivity index (χ2n) is 7.25. The molecule has 0 aromatic heterocycles. The summed E-state index contributed by atoms with van der Waals surface area (Å²) in [7, 11) is 1.60. The van der Waals surface area contributed by atoms with Crippen LogP contribution in [0.2, 0.25) is 0 Å². The van der Waals surface area contributed by atoms with Crippen molar-refractivity contribution in [3.63, 3.8) is 0 Å². The van der Waals surface area contributed by atoms with E-state index in [1.807, 2.05) is 72.8 Å². The molecule has 0 unspecified atom stereocenters. The summed E-state index contributed by atoms with van der Waals surface area (Å²) in [5.41, 5.74) is 3.89. The number of benzene rings is 3. The molecule has 154 valence electrons. The van der Waals surface area contributed by atoms with E-state index in [1.54, 1.807) is 13.2 Å². The SMILES string of the molecule is COc1cc(C=CC(=O)Nc2ccccc2C(C)C)ccc1OCc1ccccc1. The van der Waals surface area contributed by atoms with Gasteiger partial charge in [-0.15, -0.1) is 0 Å². The number of para-hydroxylation sites is 1. The van der Waals surface area contributed by atoms with E-state index in [0.29, 0.717) is 24.0 Å². The van der Waals surface area contributed by atoms with Crippen LogP contribution in [0, 0.1) is 0 Å². The molecule has 0 fully saturated rings. The molecule has 0 radical (unpaired) electrons. The molecule has 0 heterocycles. The number of amides is 1. The van der Waals surface area contributed by atoms with Crippen LogP contribution in [-0.4, -0.2) is 13.0 Å². The summed E-state index contributed by atoms with van der Waals surface area (Å²) in [6.45, 7) is 4.67. The molecule has 0 saturated heterocycles. The van der Waals surface area contributed by atoms with Gasteiger partial charge in [-0.3, -0.25) is 4.79 Å². The molecular formula is C26H27NO3. The maximum Gasteiger partial charge on any atom is 0.248 e. The molecule has 0 spiro atoms. The number of carbonyl (C=O) groups excluding carboxylic acids is 1. The number of rotatable bonds is 8. The summed E-state index contributed by atoms with van der Waals surface area (Å²) in [6.07, 6.45) is 3.28. The van der Waals surface area contributed by atoms with Gasteiger partial charge in [-0.05, 0) is 46.9 Å². The van der Waals surface area contributed by atoms with E-state index in [-0.39, 0.29) is 5.91 Å². The van der Waals surface area contributed by atoms with Crippen LogP contribution in [-0.2, 0) is 11.4 Å². The Morgan fingerprint density at radius 3 is 2.43 bits per heavy atom. The second kappa shape index (κ2) is 10.3. The summed E-state index contributed by atoms with van der Waals surface area (Å²) >= 11 is 0. The lowest BCUT2D eigenvalue weighted by Gasteiger charge is -2.12. The number of nitrogens with one attached hydrogen (secondary N) is 1. The number of anilines is 1. The Hall–Kier alpha value is -3.53. The van der Waals surface area contributed by atoms with Crippen molar-refractivity contribution in [2.75, 3.05) is 12.4 Å². The second-order valence-corrected chi connectivity index (χ2v) is 7.25. The molecule has 3 rings (SSSR count). The first-order valence-electron chi connectivity index (χ1n) is 9.99. The van der Waals surface area contributed by atoms with Crippen LogP contribution in [0.15, 0.2) is 78.9 Å². The van der Waals surface area contributed by atoms with Crippen LogP contribution in [0.4, 0.5) is 5.69 Å². The fourth-order valence-corrected chi connectivity index (χ4v) is 3.10. The van der Waals surface area contributed by atoms with Crippen molar-refractivity contribution in [2.24, 2.45) is 0 Å². The number of hydrogen-bond acceptors (Lipinski definition) is 3. The number of ether oxygens (including phenoxy) is 2. The molecule has 0 atom stereocenters. The average molecular weight is 402 g/mol. The van der Waals surface area contributed by atoms with E-state index in [1.165, 1.54) is 6.08 Å². The van der Waals surface area contributed by atoms with E-state index >= 15 is 0 Å². The highest BCUT2D eigenvalue weighted by molar-refractivity contribution is 6.02. The van der Waals surface area contributed by atoms with Gasteiger partial charge >= 0.3 is 0 Å². The molecule has 0 saturated carbocycles. The van der Waals surface area contributed by atoms with Gasteiger partial charge in [-0.25, -0.2) is 0 Å². The number of carbonyl (C=O) groups is 1. The van der Waals surface area contributed by atoms with Crippen LogP contribution in [0.3, 0.4) is 0 Å². The molecule has 0 aliphatic carbocycles. The predicted molar refractivity (Wildman–Crippen MR) is 122 cm³/mol. The Morgan fingerprint density at radius 1 is 0.967 bits per heavy atom. The number of hydrogen-bond donors (Lipinski definition) is 1. The lowest BCUT2D eigenvalue weighted by molar-refractivity contribution is -0.111. The maximum atomic E-state index is 12.4. The van der Waals surface area contributed by atoms with E-state index in [2.05, 4.69) is 19.2 Å². The highest BCUT2D eigenvalue weighted by Gasteiger charge is 2.08. The van der Waals surface area contributed by atoms with E-state index in [4.69, 9.17) is 9.47 Å². The van der Waals surface area contributed by atoms with E-state index in [0.717, 1.165) is 22.4 Å². The Labute approximate surface area is 178 Å². The molecule has 4 heteroatoms. The standard InChI is InChI=1S/C26H27NO3/c1-19(2)22-11-7-8-12-23(22)27-26(28)16-14-20-13-15-24(25(17-20)29-3)30-18-21-9-5-4-6-10-21/h4-17,19H,18H2,1-3H3,(H,27,28). The molecule has 3 aromatic rings. The van der Waals surface area contributed by atoms with Gasteiger partial charge in [-0.1, -0.05) is 68.4 Å². The van der Waals surface area contributed by atoms with Crippen LogP contribution in [0.5, 0.6) is 11.5 Å². The van der Waals surface area contributed by atoms with Crippen LogP contribution in [0.25, 0.3) is 6.08 Å². The summed E-state index contributed by atoms with van der Waals surface area (Å²) in [4.78, 5) is 12.4. The lowest BCUT2D eigenvalue weighted by atomic mass is 10.0. The van der Waals surface area contributed by atoms with Crippen molar-refractivity contribution < 1.29 is 14.3 Å². The van der Waals surface area contributed by atoms with E-state index in [9.17, 15) is 4.79 Å². The average Bonchev–Trinajstić information content (AvgIpc) is 2.77. The summed E-state index contributed by atoms with van der Waals surface area (Å²) in [5, 5.41) is 2.96. The minimum absolute atomic E-state index is 0.175. The quantitative estimate of drug-likeness (QED) is 0.468. The molecule has 3 aromatic carbocycles. The van der Waals surface area contributed by atoms with Crippen molar-refractivity contribution in [3.05, 3.63) is 95.6 Å². The normalized spacial score (nSPS) is 10.9. The zero-order valence-electron chi connectivity index (χ0n) is 17.6. The Bertz CT molecular complexity index is 1010. The van der Waals surface area contributed by atoms with Gasteiger partial charge in [0.2, 0.25) is 5.91 Å². The molecular weight excluding hydrogens is 374 g/mol. The smallest absolute Gasteiger partial charge is 0.248 e. The highest BCUT2D eigenvalue weighted by atomic mass is 16.5. The van der Waals surface area contributed by atoms with Gasteiger partial charge in [0, 0.05) is 11.8 Å². The van der Waals surface area contributed by atoms with Gasteiger partial charge in [0.25, 0.3) is 0 Å². The minimum atomic E-state index is -0.175. The predicted octanol–water partition coefficient (Wildman–Crippen LogP) is 6.05. The minimum Gasteiger partial charge on any atom is -0.493 e. The van der Waals surface area contributed by atoms with Gasteiger partial charge in [0.1, 0.15) is 6.61 Å². The Kier molecular flexibility index (Phi) is 7.28. The molecule has 4 nitrogen and oxygen atoms in total. The molecule has 0 aliphatic rings. The van der Waals surface area contributed by atoms with Crippen LogP contribution in [0.1, 0.15) is 36.5 Å². The largest absolute Gasteiger partial charge is 0.493 e. The van der Waals surface area contributed by atoms with Crippen molar-refractivity contribution in [1.29, 1.82) is 0 Å². The van der Waals surface area contributed by atoms with Gasteiger partial charge in [-0.2, -0.15) is 0 Å². The molecule has 1 amide bonds. The zero-order chi connectivity index (χ0) is 21.3. The first-order valence-corrected chi connectivity index (χ1v) is 9.99. The van der Waals surface area contributed by atoms with E-state index < -0.39 is 0 Å². The Morgan fingerprint density at radius 2 is 1.70 bits per heavy atom. The first kappa shape index (κ1) is 21.2. The highest BCUT2D eigenvalue weighted by Crippen LogP contribution is 2.29. The molecule has 0 aliphatic heterocycles. The van der Waals surface area contributed by atoms with Crippen LogP contribution >= 0.6 is 0 Å². The van der Waals surface area contributed by atoms with Gasteiger partial charge < -0.3 is 14.8 Å². The third kappa shape index (κ3) is 5.74. The number of methoxy groups -OCH3 is 1. The fraction of sp³-hybridized carbons (Fsp3) is 0.192. The van der Waals surface area contributed by atoms with Crippen molar-refractivity contribution in [1.82, 2.24) is 0 Å². The molecule has 0 bridgehead atoms. The van der Waals surface area contributed by atoms with Crippen molar-refractivity contribution >= 4 is 17.7 Å². The van der Waals surface area contributed by atoms with Gasteiger partial charge in [0.05, 0.1) is 7.11 Å². The molecule has 1 N–H and O–H groups in total.